The van der Waals surface area contributed by atoms with E-state index in [1.807, 2.05) is 32.9 Å². The monoisotopic (exact) mass is 852 g/mol. The van der Waals surface area contributed by atoms with E-state index in [0.717, 1.165) is 48.0 Å². The molecular weight excluding hydrogens is 796 g/mol. The van der Waals surface area contributed by atoms with Gasteiger partial charge in [-0.3, -0.25) is 14.4 Å². The Kier molecular flexibility index (Phi) is 16.8. The molecule has 10 nitrogen and oxygen atoms in total. The molecule has 2 aliphatic heterocycles. The number of aromatic nitrogens is 4. The van der Waals surface area contributed by atoms with Crippen LogP contribution in [0, 0.1) is 6.92 Å². The third-order valence-corrected chi connectivity index (χ3v) is 11.1. The molecule has 2 aliphatic rings. The number of aryl methyl sites for hydroxylation is 2. The second-order valence-electron chi connectivity index (χ2n) is 15.8. The van der Waals surface area contributed by atoms with Gasteiger partial charge in [0.05, 0.1) is 28.9 Å². The van der Waals surface area contributed by atoms with Crippen molar-refractivity contribution in [2.45, 2.75) is 119 Å². The third kappa shape index (κ3) is 11.5. The fourth-order valence-electron chi connectivity index (χ4n) is 7.72. The number of carboxylic acids is 2. The van der Waals surface area contributed by atoms with Crippen molar-refractivity contribution in [2.75, 3.05) is 0 Å². The first kappa shape index (κ1) is 47.3. The van der Waals surface area contributed by atoms with Gasteiger partial charge in [0.15, 0.2) is 0 Å². The van der Waals surface area contributed by atoms with Crippen LogP contribution in [0.15, 0.2) is 65.8 Å². The van der Waals surface area contributed by atoms with E-state index in [1.165, 1.54) is 16.7 Å². The number of carbonyl (C=O) groups is 3. The number of allylic oxidation sites excluding steroid dienone is 9. The van der Waals surface area contributed by atoms with Crippen molar-refractivity contribution in [3.05, 3.63) is 111 Å². The van der Waals surface area contributed by atoms with Crippen molar-refractivity contribution in [3.63, 3.8) is 0 Å². The summed E-state index contributed by atoms with van der Waals surface area (Å²) in [4.78, 5) is 56.0. The van der Waals surface area contributed by atoms with Crippen LogP contribution in [-0.2, 0) is 33.1 Å². The van der Waals surface area contributed by atoms with Gasteiger partial charge in [0.1, 0.15) is 6.29 Å². The molecule has 60 heavy (non-hydrogen) atoms. The molecule has 0 amide bonds. The molecule has 0 aliphatic carbocycles. The van der Waals surface area contributed by atoms with Crippen molar-refractivity contribution in [2.24, 2.45) is 0 Å². The maximum Gasteiger partial charge on any atom is 2.00 e. The van der Waals surface area contributed by atoms with Gasteiger partial charge in [-0.1, -0.05) is 83.0 Å². The Balaban J connectivity index is 0.00000794. The summed E-state index contributed by atoms with van der Waals surface area (Å²) >= 11 is 0. The van der Waals surface area contributed by atoms with E-state index >= 15 is 0 Å². The molecule has 0 saturated heterocycles. The number of carboxylic acid groups (broad SMARTS) is 2. The summed E-state index contributed by atoms with van der Waals surface area (Å²) in [6, 6.07) is 7.13. The van der Waals surface area contributed by atoms with Crippen LogP contribution < -0.4 is 9.97 Å². The minimum atomic E-state index is -1.02. The predicted molar refractivity (Wildman–Crippen MR) is 238 cm³/mol. The average molecular weight is 853 g/mol. The normalized spacial score (nSPS) is 13.6. The number of rotatable bonds is 18. The molecule has 5 heterocycles. The van der Waals surface area contributed by atoms with Gasteiger partial charge in [-0.25, -0.2) is 9.97 Å². The molecule has 316 valence electrons. The number of hydrogen-bond donors (Lipinski definition) is 3. The van der Waals surface area contributed by atoms with E-state index in [9.17, 15) is 29.7 Å². The molecule has 0 fully saturated rings. The van der Waals surface area contributed by atoms with Crippen LogP contribution >= 0.6 is 0 Å². The molecule has 3 aromatic rings. The summed E-state index contributed by atoms with van der Waals surface area (Å²) < 4.78 is 0. The molecular formula is C49H56FeN4O6. The number of fused-ring (bicyclic) bond motifs is 8. The second kappa shape index (κ2) is 21.3. The standard InChI is InChI=1S/C49H58N4O6.Fe/c1-9-34-31(6)39-25-45-49(46(55)18-12-17-30(5)16-11-15-29(4)14-10-13-28(2)3)33(8)40(52-45)24-44-37(27-54)36(20-22-48(58)59)43(53-44)26-42-35(19-21-47(56)57)32(7)38(51-42)23-41(34)50-39;/h9,13,15,17,23-27,46,55H,1,10-12,14,16,18-22H2,2-8H3,(H4,50,51,52,53,54,56,57,58,59);/q;+2/p-2/b29-15+,30-17+,38-23?,39-25?,40-24?,41-23?,42-26?,43-26?,44-24?,45-25?;. The van der Waals surface area contributed by atoms with E-state index in [0.29, 0.717) is 80.7 Å². The van der Waals surface area contributed by atoms with Gasteiger partial charge < -0.3 is 25.3 Å². The molecule has 3 aromatic heterocycles. The van der Waals surface area contributed by atoms with Crippen LogP contribution in [0.1, 0.15) is 149 Å². The van der Waals surface area contributed by atoms with E-state index in [-0.39, 0.29) is 48.3 Å². The number of aliphatic hydroxyl groups is 1. The molecule has 0 spiro atoms. The van der Waals surface area contributed by atoms with Gasteiger partial charge >= 0.3 is 29.0 Å². The minimum Gasteiger partial charge on any atom is -0.657 e. The summed E-state index contributed by atoms with van der Waals surface area (Å²) in [5.41, 5.74) is 13.3. The minimum absolute atomic E-state index is 0. The zero-order valence-corrected chi connectivity index (χ0v) is 36.9. The second-order valence-corrected chi connectivity index (χ2v) is 15.8. The Labute approximate surface area is 363 Å². The fraction of sp³-hybridized carbons (Fsp3) is 0.367. The quantitative estimate of drug-likeness (QED) is 0.0637. The van der Waals surface area contributed by atoms with Crippen LogP contribution in [0.3, 0.4) is 0 Å². The first-order chi connectivity index (χ1) is 28.1. The Morgan fingerprint density at radius 3 is 1.85 bits per heavy atom. The maximum absolute atomic E-state index is 12.8. The molecule has 0 radical (unpaired) electrons. The third-order valence-electron chi connectivity index (χ3n) is 11.1. The largest absolute Gasteiger partial charge is 2.00 e. The number of nitrogens with zero attached hydrogens (tertiary/aromatic N) is 4. The van der Waals surface area contributed by atoms with Crippen LogP contribution in [0.5, 0.6) is 0 Å². The van der Waals surface area contributed by atoms with Crippen LogP contribution in [0.4, 0.5) is 0 Å². The van der Waals surface area contributed by atoms with Crippen molar-refractivity contribution in [3.8, 4) is 0 Å². The number of aliphatic hydroxyl groups excluding tert-OH is 1. The van der Waals surface area contributed by atoms with Gasteiger partial charge in [0.2, 0.25) is 0 Å². The van der Waals surface area contributed by atoms with Crippen LogP contribution in [0.25, 0.3) is 50.4 Å². The van der Waals surface area contributed by atoms with Crippen molar-refractivity contribution in [1.29, 1.82) is 0 Å². The topological polar surface area (TPSA) is 166 Å². The van der Waals surface area contributed by atoms with Crippen molar-refractivity contribution < 1.29 is 46.8 Å². The number of aldehydes is 1. The summed E-state index contributed by atoms with van der Waals surface area (Å²) in [6.45, 7) is 18.4. The summed E-state index contributed by atoms with van der Waals surface area (Å²) in [7, 11) is 0. The molecule has 11 heteroatoms. The van der Waals surface area contributed by atoms with Crippen molar-refractivity contribution >= 4 is 68.7 Å². The molecule has 0 aromatic carbocycles. The van der Waals surface area contributed by atoms with Gasteiger partial charge in [-0.05, 0) is 122 Å². The molecule has 1 unspecified atom stereocenters. The summed E-state index contributed by atoms with van der Waals surface area (Å²) in [5.74, 6) is -1.98. The first-order valence-electron chi connectivity index (χ1n) is 20.3. The Bertz CT molecular complexity index is 2490. The molecule has 5 rings (SSSR count). The van der Waals surface area contributed by atoms with Gasteiger partial charge in [0, 0.05) is 24.0 Å². The Morgan fingerprint density at radius 1 is 0.700 bits per heavy atom. The fourth-order valence-corrected chi connectivity index (χ4v) is 7.72. The number of hydrogen-bond acceptors (Lipinski definition) is 6. The molecule has 0 saturated carbocycles. The zero-order valence-electron chi connectivity index (χ0n) is 35.8. The average Bonchev–Trinajstić information content (AvgIpc) is 3.85. The van der Waals surface area contributed by atoms with E-state index < -0.39 is 18.0 Å². The van der Waals surface area contributed by atoms with Crippen molar-refractivity contribution in [1.82, 2.24) is 19.9 Å². The molecule has 8 bridgehead atoms. The van der Waals surface area contributed by atoms with Gasteiger partial charge in [-0.2, -0.15) is 0 Å². The van der Waals surface area contributed by atoms with E-state index in [2.05, 4.69) is 52.5 Å². The van der Waals surface area contributed by atoms with Crippen LogP contribution in [-0.4, -0.2) is 49.6 Å². The number of carbonyl (C=O) groups excluding carboxylic acids is 1. The SMILES string of the molecule is C=Cc1c(C)c2cc3nc(cc4[n-]c(cc5nc(cc1[n-]2)C(C)=C5CCC(=O)O)c(CCC(=O)O)c4C=O)C(C)=C3C(O)CC/C=C(\C)CC/C=C(\C)CCC=C(C)C.[Fe+2]. The zero-order chi connectivity index (χ0) is 43.0. The Morgan fingerprint density at radius 2 is 1.23 bits per heavy atom. The summed E-state index contributed by atoms with van der Waals surface area (Å²) in [6.07, 6.45) is 13.4. The number of aliphatic carboxylic acids is 2. The van der Waals surface area contributed by atoms with E-state index in [1.54, 1.807) is 18.2 Å². The molecule has 1 atom stereocenters. The summed E-state index contributed by atoms with van der Waals surface area (Å²) in [5, 5.41) is 31.0. The van der Waals surface area contributed by atoms with Gasteiger partial charge in [-0.15, -0.1) is 22.1 Å². The predicted octanol–water partition coefficient (Wildman–Crippen LogP) is 10.6. The van der Waals surface area contributed by atoms with Gasteiger partial charge in [0.25, 0.3) is 0 Å². The van der Waals surface area contributed by atoms with E-state index in [4.69, 9.17) is 19.9 Å². The first-order valence-corrected chi connectivity index (χ1v) is 20.3. The Hall–Kier alpha value is -5.35. The molecule has 3 N–H and O–H groups in total. The smallest absolute Gasteiger partial charge is 0.657 e. The van der Waals surface area contributed by atoms with Crippen LogP contribution in [0.2, 0.25) is 0 Å². The maximum atomic E-state index is 12.8.